The first-order valence-corrected chi connectivity index (χ1v) is 7.34. The quantitative estimate of drug-likeness (QED) is 0.421. The first-order valence-electron chi connectivity index (χ1n) is 7.34. The van der Waals surface area contributed by atoms with Crippen LogP contribution in [-0.2, 0) is 6.54 Å². The Hall–Kier alpha value is -1.19. The minimum absolute atomic E-state index is 0. The fourth-order valence-corrected chi connectivity index (χ4v) is 2.53. The summed E-state index contributed by atoms with van der Waals surface area (Å²) in [6.07, 6.45) is 0.928. The molecule has 1 aliphatic carbocycles. The molecular weight excluding hydrogens is 422 g/mol. The maximum absolute atomic E-state index is 12.3. The average molecular weight is 443 g/mol. The van der Waals surface area contributed by atoms with Crippen LogP contribution in [0.15, 0.2) is 29.3 Å². The van der Waals surface area contributed by atoms with Crippen molar-refractivity contribution in [1.29, 1.82) is 0 Å². The zero-order chi connectivity index (χ0) is 16.0. The Kier molecular flexibility index (Phi) is 7.93. The lowest BCUT2D eigenvalue weighted by molar-refractivity contribution is -0.274. The molecule has 4 nitrogen and oxygen atoms in total. The number of nitrogens with one attached hydrogen (secondary N) is 1. The maximum Gasteiger partial charge on any atom is 0.573 e. The summed E-state index contributed by atoms with van der Waals surface area (Å²) in [7, 11) is 0. The number of hydrogen-bond acceptors (Lipinski definition) is 2. The molecule has 1 aromatic rings. The first-order chi connectivity index (χ1) is 10.4. The zero-order valence-electron chi connectivity index (χ0n) is 12.6. The van der Waals surface area contributed by atoms with Gasteiger partial charge in [-0.2, -0.15) is 0 Å². The SMILES string of the molecule is I.NC(=NCc1ccccc1OC(F)(F)F)NC1CCCCC1. The second-order valence-corrected chi connectivity index (χ2v) is 5.34. The van der Waals surface area contributed by atoms with Crippen molar-refractivity contribution in [1.82, 2.24) is 5.32 Å². The molecule has 0 atom stereocenters. The van der Waals surface area contributed by atoms with Crippen molar-refractivity contribution in [2.45, 2.75) is 51.1 Å². The van der Waals surface area contributed by atoms with Crippen LogP contribution in [0.5, 0.6) is 5.75 Å². The normalized spacial score (nSPS) is 16.6. The smallest absolute Gasteiger partial charge is 0.405 e. The number of halogens is 4. The van der Waals surface area contributed by atoms with Crippen LogP contribution in [0.2, 0.25) is 0 Å². The van der Waals surface area contributed by atoms with E-state index in [9.17, 15) is 13.2 Å². The number of nitrogens with zero attached hydrogens (tertiary/aromatic N) is 1. The molecule has 0 aliphatic heterocycles. The Morgan fingerprint density at radius 1 is 1.22 bits per heavy atom. The number of rotatable bonds is 4. The van der Waals surface area contributed by atoms with E-state index < -0.39 is 6.36 Å². The fourth-order valence-electron chi connectivity index (χ4n) is 2.53. The third kappa shape index (κ3) is 7.28. The van der Waals surface area contributed by atoms with Gasteiger partial charge in [0.2, 0.25) is 0 Å². The number of benzene rings is 1. The van der Waals surface area contributed by atoms with Gasteiger partial charge in [0.15, 0.2) is 5.96 Å². The standard InChI is InChI=1S/C15H20F3N3O.HI/c16-15(17,18)22-13-9-5-4-6-11(13)10-20-14(19)21-12-7-2-1-3-8-12;/h4-6,9,12H,1-3,7-8,10H2,(H3,19,20,21);1H. The predicted molar refractivity (Wildman–Crippen MR) is 93.9 cm³/mol. The second kappa shape index (κ2) is 9.19. The summed E-state index contributed by atoms with van der Waals surface area (Å²) in [5.41, 5.74) is 6.15. The molecule has 1 aliphatic rings. The highest BCUT2D eigenvalue weighted by molar-refractivity contribution is 14.0. The largest absolute Gasteiger partial charge is 0.573 e. The van der Waals surface area contributed by atoms with Gasteiger partial charge < -0.3 is 15.8 Å². The molecule has 3 N–H and O–H groups in total. The lowest BCUT2D eigenvalue weighted by atomic mass is 9.96. The number of ether oxygens (including phenoxy) is 1. The molecule has 0 amide bonds. The van der Waals surface area contributed by atoms with E-state index in [1.807, 2.05) is 0 Å². The van der Waals surface area contributed by atoms with Crippen LogP contribution >= 0.6 is 24.0 Å². The van der Waals surface area contributed by atoms with Gasteiger partial charge in [0, 0.05) is 11.6 Å². The van der Waals surface area contributed by atoms with Crippen LogP contribution in [0.1, 0.15) is 37.7 Å². The number of nitrogens with two attached hydrogens (primary N) is 1. The van der Waals surface area contributed by atoms with E-state index in [2.05, 4.69) is 15.0 Å². The van der Waals surface area contributed by atoms with Crippen LogP contribution in [0.4, 0.5) is 13.2 Å². The van der Waals surface area contributed by atoms with Crippen LogP contribution in [0.25, 0.3) is 0 Å². The molecule has 0 radical (unpaired) electrons. The van der Waals surface area contributed by atoms with Crippen molar-refractivity contribution < 1.29 is 17.9 Å². The van der Waals surface area contributed by atoms with Gasteiger partial charge in [-0.1, -0.05) is 37.5 Å². The topological polar surface area (TPSA) is 59.6 Å². The molecule has 0 saturated heterocycles. The van der Waals surface area contributed by atoms with Crippen molar-refractivity contribution in [2.24, 2.45) is 10.7 Å². The Balaban J connectivity index is 0.00000264. The summed E-state index contributed by atoms with van der Waals surface area (Å²) in [6.45, 7) is 0.0395. The summed E-state index contributed by atoms with van der Waals surface area (Å²) in [5.74, 6) is 0.0120. The molecule has 8 heteroatoms. The molecular formula is C15H21F3IN3O. The molecule has 130 valence electrons. The van der Waals surface area contributed by atoms with Gasteiger partial charge in [0.05, 0.1) is 6.54 Å². The van der Waals surface area contributed by atoms with Crippen molar-refractivity contribution in [2.75, 3.05) is 0 Å². The van der Waals surface area contributed by atoms with E-state index in [0.29, 0.717) is 11.6 Å². The number of para-hydroxylation sites is 1. The van der Waals surface area contributed by atoms with Crippen molar-refractivity contribution in [3.05, 3.63) is 29.8 Å². The molecule has 1 fully saturated rings. The summed E-state index contributed by atoms with van der Waals surface area (Å²) in [5, 5.41) is 3.12. The van der Waals surface area contributed by atoms with Crippen LogP contribution < -0.4 is 15.8 Å². The highest BCUT2D eigenvalue weighted by atomic mass is 127. The van der Waals surface area contributed by atoms with Gasteiger partial charge in [-0.05, 0) is 18.9 Å². The molecule has 0 heterocycles. The van der Waals surface area contributed by atoms with Gasteiger partial charge in [0.25, 0.3) is 0 Å². The lowest BCUT2D eigenvalue weighted by Gasteiger charge is -2.23. The highest BCUT2D eigenvalue weighted by Crippen LogP contribution is 2.26. The molecule has 0 spiro atoms. The molecule has 2 rings (SSSR count). The van der Waals surface area contributed by atoms with E-state index in [0.717, 1.165) is 25.7 Å². The minimum atomic E-state index is -4.72. The van der Waals surface area contributed by atoms with E-state index in [4.69, 9.17) is 5.73 Å². The summed E-state index contributed by atoms with van der Waals surface area (Å²) >= 11 is 0. The van der Waals surface area contributed by atoms with Crippen LogP contribution in [-0.4, -0.2) is 18.4 Å². The van der Waals surface area contributed by atoms with Crippen molar-refractivity contribution in [3.63, 3.8) is 0 Å². The fraction of sp³-hybridized carbons (Fsp3) is 0.533. The molecule has 1 saturated carbocycles. The lowest BCUT2D eigenvalue weighted by Crippen LogP contribution is -2.41. The number of alkyl halides is 3. The van der Waals surface area contributed by atoms with Crippen LogP contribution in [0, 0.1) is 0 Å². The van der Waals surface area contributed by atoms with Gasteiger partial charge >= 0.3 is 6.36 Å². The number of aliphatic imine (C=N–C) groups is 1. The molecule has 1 aromatic carbocycles. The average Bonchev–Trinajstić information content (AvgIpc) is 2.46. The van der Waals surface area contributed by atoms with Gasteiger partial charge in [-0.25, -0.2) is 4.99 Å². The van der Waals surface area contributed by atoms with E-state index >= 15 is 0 Å². The van der Waals surface area contributed by atoms with Gasteiger partial charge in [-0.15, -0.1) is 37.1 Å². The van der Waals surface area contributed by atoms with Crippen molar-refractivity contribution >= 4 is 29.9 Å². The van der Waals surface area contributed by atoms with Gasteiger partial charge in [-0.3, -0.25) is 0 Å². The molecule has 23 heavy (non-hydrogen) atoms. The number of guanidine groups is 1. The molecule has 0 bridgehead atoms. The number of hydrogen-bond donors (Lipinski definition) is 2. The third-order valence-electron chi connectivity index (χ3n) is 3.58. The van der Waals surface area contributed by atoms with E-state index in [-0.39, 0.29) is 42.2 Å². The Morgan fingerprint density at radius 3 is 2.52 bits per heavy atom. The summed E-state index contributed by atoms with van der Waals surface area (Å²) in [4.78, 5) is 4.12. The molecule has 0 aromatic heterocycles. The van der Waals surface area contributed by atoms with Crippen LogP contribution in [0.3, 0.4) is 0 Å². The summed E-state index contributed by atoms with van der Waals surface area (Å²) in [6, 6.07) is 6.23. The second-order valence-electron chi connectivity index (χ2n) is 5.34. The minimum Gasteiger partial charge on any atom is -0.405 e. The Bertz CT molecular complexity index is 517. The van der Waals surface area contributed by atoms with E-state index in [1.165, 1.54) is 18.6 Å². The van der Waals surface area contributed by atoms with Crippen molar-refractivity contribution in [3.8, 4) is 5.75 Å². The Morgan fingerprint density at radius 2 is 1.87 bits per heavy atom. The van der Waals surface area contributed by atoms with E-state index in [1.54, 1.807) is 12.1 Å². The zero-order valence-corrected chi connectivity index (χ0v) is 14.9. The Labute approximate surface area is 150 Å². The maximum atomic E-state index is 12.3. The molecule has 0 unspecified atom stereocenters. The third-order valence-corrected chi connectivity index (χ3v) is 3.58. The van der Waals surface area contributed by atoms with Gasteiger partial charge in [0.1, 0.15) is 5.75 Å². The summed E-state index contributed by atoms with van der Waals surface area (Å²) < 4.78 is 41.0. The predicted octanol–water partition coefficient (Wildman–Crippen LogP) is 3.94. The highest BCUT2D eigenvalue weighted by Gasteiger charge is 2.31. The first kappa shape index (κ1) is 19.9. The monoisotopic (exact) mass is 443 g/mol.